The molecule has 1 heterocycles. The predicted molar refractivity (Wildman–Crippen MR) is 57.5 cm³/mol. The Balaban J connectivity index is 2.24. The Morgan fingerprint density at radius 2 is 2.20 bits per heavy atom. The molecule has 0 spiro atoms. The molecule has 0 amide bonds. The van der Waals surface area contributed by atoms with Gasteiger partial charge in [-0.3, -0.25) is 0 Å². The predicted octanol–water partition coefficient (Wildman–Crippen LogP) is 0.690. The molecule has 4 heteroatoms. The highest BCUT2D eigenvalue weighted by molar-refractivity contribution is 5.74. The highest BCUT2D eigenvalue weighted by atomic mass is 16.5. The van der Waals surface area contributed by atoms with E-state index in [1.165, 1.54) is 0 Å². The number of rotatable bonds is 5. The summed E-state index contributed by atoms with van der Waals surface area (Å²) in [6.07, 6.45) is 2.64. The Labute approximate surface area is 91.0 Å². The Hall–Kier alpha value is -0.610. The maximum atomic E-state index is 11.4. The first-order valence-electron chi connectivity index (χ1n) is 5.81. The minimum Gasteiger partial charge on any atom is -0.464 e. The third-order valence-electron chi connectivity index (χ3n) is 2.81. The van der Waals surface area contributed by atoms with Gasteiger partial charge in [0.1, 0.15) is 0 Å². The molecule has 0 aliphatic carbocycles. The van der Waals surface area contributed by atoms with Crippen LogP contribution < -0.4 is 5.32 Å². The van der Waals surface area contributed by atoms with Crippen molar-refractivity contribution in [3.63, 3.8) is 0 Å². The molecule has 4 nitrogen and oxygen atoms in total. The lowest BCUT2D eigenvalue weighted by atomic mass is 9.92. The summed E-state index contributed by atoms with van der Waals surface area (Å²) in [6.45, 7) is 4.22. The summed E-state index contributed by atoms with van der Waals surface area (Å²) in [7, 11) is 0. The number of hydrogen-bond donors (Lipinski definition) is 2. The molecule has 1 unspecified atom stereocenters. The van der Waals surface area contributed by atoms with E-state index in [1.807, 2.05) is 6.92 Å². The molecular weight excluding hydrogens is 194 g/mol. The minimum absolute atomic E-state index is 0.0698. The van der Waals surface area contributed by atoms with E-state index in [0.717, 1.165) is 38.8 Å². The monoisotopic (exact) mass is 215 g/mol. The number of unbranched alkanes of at least 4 members (excludes halogenated alkanes) is 1. The molecule has 88 valence electrons. The highest BCUT2D eigenvalue weighted by Crippen LogP contribution is 2.17. The molecule has 1 rings (SSSR count). The summed E-state index contributed by atoms with van der Waals surface area (Å²) in [5, 5.41) is 12.9. The summed E-state index contributed by atoms with van der Waals surface area (Å²) >= 11 is 0. The van der Waals surface area contributed by atoms with Crippen LogP contribution in [0.25, 0.3) is 0 Å². The van der Waals surface area contributed by atoms with Crippen molar-refractivity contribution in [1.29, 1.82) is 0 Å². The van der Waals surface area contributed by atoms with Crippen LogP contribution in [0.5, 0.6) is 0 Å². The average Bonchev–Trinajstić information content (AvgIpc) is 2.29. The number of aliphatic hydroxyl groups excluding tert-OH is 1. The quantitative estimate of drug-likeness (QED) is 0.523. The van der Waals surface area contributed by atoms with Crippen LogP contribution in [0, 0.1) is 5.92 Å². The highest BCUT2D eigenvalue weighted by Gasteiger charge is 2.28. The second-order valence-electron chi connectivity index (χ2n) is 4.05. The van der Waals surface area contributed by atoms with Gasteiger partial charge >= 0.3 is 5.97 Å². The number of hydrogen-bond acceptors (Lipinski definition) is 4. The molecule has 0 saturated carbocycles. The molecular formula is C11H21NO3. The van der Waals surface area contributed by atoms with Gasteiger partial charge in [0.2, 0.25) is 0 Å². The molecule has 0 bridgehead atoms. The standard InChI is InChI=1S/C11H21NO3/c1-2-3-8-15-11(14)10(13)9-4-6-12-7-5-9/h9-10,12-13H,2-8H2,1H3. The van der Waals surface area contributed by atoms with E-state index in [2.05, 4.69) is 5.32 Å². The van der Waals surface area contributed by atoms with Gasteiger partial charge in [0.25, 0.3) is 0 Å². The molecule has 1 aliphatic rings. The van der Waals surface area contributed by atoms with E-state index in [-0.39, 0.29) is 5.92 Å². The molecule has 15 heavy (non-hydrogen) atoms. The van der Waals surface area contributed by atoms with E-state index in [1.54, 1.807) is 0 Å². The van der Waals surface area contributed by atoms with E-state index < -0.39 is 12.1 Å². The summed E-state index contributed by atoms with van der Waals surface area (Å²) in [4.78, 5) is 11.4. The molecule has 1 fully saturated rings. The van der Waals surface area contributed by atoms with E-state index >= 15 is 0 Å². The SMILES string of the molecule is CCCCOC(=O)C(O)C1CCNCC1. The van der Waals surface area contributed by atoms with Crippen molar-refractivity contribution in [3.8, 4) is 0 Å². The van der Waals surface area contributed by atoms with Crippen LogP contribution in [0.4, 0.5) is 0 Å². The van der Waals surface area contributed by atoms with Crippen molar-refractivity contribution >= 4 is 5.97 Å². The molecule has 2 N–H and O–H groups in total. The van der Waals surface area contributed by atoms with Crippen LogP contribution in [-0.4, -0.2) is 36.9 Å². The topological polar surface area (TPSA) is 58.6 Å². The molecule has 0 aromatic heterocycles. The van der Waals surface area contributed by atoms with Crippen LogP contribution in [0.1, 0.15) is 32.6 Å². The third-order valence-corrected chi connectivity index (χ3v) is 2.81. The summed E-state index contributed by atoms with van der Waals surface area (Å²) in [6, 6.07) is 0. The Bertz CT molecular complexity index is 190. The minimum atomic E-state index is -0.927. The van der Waals surface area contributed by atoms with Crippen LogP contribution in [0.15, 0.2) is 0 Å². The van der Waals surface area contributed by atoms with Gasteiger partial charge in [0.15, 0.2) is 6.10 Å². The van der Waals surface area contributed by atoms with Crippen molar-refractivity contribution in [3.05, 3.63) is 0 Å². The van der Waals surface area contributed by atoms with Crippen molar-refractivity contribution < 1.29 is 14.6 Å². The van der Waals surface area contributed by atoms with Gasteiger partial charge in [-0.2, -0.15) is 0 Å². The van der Waals surface area contributed by atoms with Gasteiger partial charge in [0, 0.05) is 0 Å². The summed E-state index contributed by atoms with van der Waals surface area (Å²) in [5.41, 5.74) is 0. The molecule has 1 saturated heterocycles. The van der Waals surface area contributed by atoms with Crippen LogP contribution in [-0.2, 0) is 9.53 Å². The third kappa shape index (κ3) is 4.18. The van der Waals surface area contributed by atoms with Gasteiger partial charge < -0.3 is 15.2 Å². The second kappa shape index (κ2) is 6.80. The maximum absolute atomic E-state index is 11.4. The number of carbonyl (C=O) groups is 1. The van der Waals surface area contributed by atoms with E-state index in [9.17, 15) is 9.90 Å². The molecule has 0 radical (unpaired) electrons. The number of nitrogens with one attached hydrogen (secondary N) is 1. The lowest BCUT2D eigenvalue weighted by Crippen LogP contribution is -2.38. The van der Waals surface area contributed by atoms with Crippen molar-refractivity contribution in [2.24, 2.45) is 5.92 Å². The number of ether oxygens (including phenoxy) is 1. The van der Waals surface area contributed by atoms with Gasteiger partial charge in [0.05, 0.1) is 6.61 Å². The second-order valence-corrected chi connectivity index (χ2v) is 4.05. The van der Waals surface area contributed by atoms with Gasteiger partial charge in [-0.15, -0.1) is 0 Å². The first-order valence-corrected chi connectivity index (χ1v) is 5.81. The van der Waals surface area contributed by atoms with Crippen molar-refractivity contribution in [2.75, 3.05) is 19.7 Å². The molecule has 0 aromatic rings. The van der Waals surface area contributed by atoms with Gasteiger partial charge in [-0.25, -0.2) is 4.79 Å². The number of carbonyl (C=O) groups excluding carboxylic acids is 1. The van der Waals surface area contributed by atoms with Gasteiger partial charge in [-0.1, -0.05) is 13.3 Å². The Kier molecular flexibility index (Phi) is 5.65. The fourth-order valence-corrected chi connectivity index (χ4v) is 1.75. The first-order chi connectivity index (χ1) is 7.25. The smallest absolute Gasteiger partial charge is 0.335 e. The van der Waals surface area contributed by atoms with E-state index in [4.69, 9.17) is 4.74 Å². The summed E-state index contributed by atoms with van der Waals surface area (Å²) < 4.78 is 4.99. The van der Waals surface area contributed by atoms with Crippen molar-refractivity contribution in [2.45, 2.75) is 38.7 Å². The average molecular weight is 215 g/mol. The number of esters is 1. The van der Waals surface area contributed by atoms with E-state index in [0.29, 0.717) is 6.61 Å². The molecule has 0 aromatic carbocycles. The summed E-state index contributed by atoms with van der Waals surface area (Å²) in [5.74, 6) is -0.379. The van der Waals surface area contributed by atoms with Gasteiger partial charge in [-0.05, 0) is 38.3 Å². The Morgan fingerprint density at radius 1 is 1.53 bits per heavy atom. The molecule has 1 atom stereocenters. The zero-order chi connectivity index (χ0) is 11.1. The Morgan fingerprint density at radius 3 is 2.80 bits per heavy atom. The van der Waals surface area contributed by atoms with Crippen LogP contribution >= 0.6 is 0 Å². The van der Waals surface area contributed by atoms with Crippen LogP contribution in [0.3, 0.4) is 0 Å². The lowest BCUT2D eigenvalue weighted by Gasteiger charge is -2.25. The fourth-order valence-electron chi connectivity index (χ4n) is 1.75. The fraction of sp³-hybridized carbons (Fsp3) is 0.909. The first kappa shape index (κ1) is 12.5. The van der Waals surface area contributed by atoms with Crippen LogP contribution in [0.2, 0.25) is 0 Å². The zero-order valence-electron chi connectivity index (χ0n) is 9.37. The van der Waals surface area contributed by atoms with Crippen molar-refractivity contribution in [1.82, 2.24) is 5.32 Å². The maximum Gasteiger partial charge on any atom is 0.335 e. The number of piperidine rings is 1. The number of aliphatic hydroxyl groups is 1. The lowest BCUT2D eigenvalue weighted by molar-refractivity contribution is -0.157. The molecule has 1 aliphatic heterocycles. The normalized spacial score (nSPS) is 19.9. The largest absolute Gasteiger partial charge is 0.464 e. The zero-order valence-corrected chi connectivity index (χ0v) is 9.37.